The van der Waals surface area contributed by atoms with Gasteiger partial charge in [-0.25, -0.2) is 12.8 Å². The molecule has 1 amide bonds. The lowest BCUT2D eigenvalue weighted by molar-refractivity contribution is -0.118. The number of hydrogen-bond acceptors (Lipinski definition) is 4. The summed E-state index contributed by atoms with van der Waals surface area (Å²) >= 11 is 0. The molecule has 0 spiro atoms. The van der Waals surface area contributed by atoms with Crippen LogP contribution in [0.15, 0.2) is 77.7 Å². The summed E-state index contributed by atoms with van der Waals surface area (Å²) in [6.07, 6.45) is 0. The summed E-state index contributed by atoms with van der Waals surface area (Å²) in [5, 5.41) is 2.65. The molecule has 6 nitrogen and oxygen atoms in total. The fourth-order valence-electron chi connectivity index (χ4n) is 2.51. The maximum atomic E-state index is 12.9. The summed E-state index contributed by atoms with van der Waals surface area (Å²) in [6.45, 7) is 1.71. The molecule has 0 bridgehead atoms. The van der Waals surface area contributed by atoms with Crippen molar-refractivity contribution in [3.8, 4) is 5.75 Å². The Hall–Kier alpha value is -3.39. The monoisotopic (exact) mass is 414 g/mol. The molecule has 3 aromatic rings. The Balaban J connectivity index is 1.59. The smallest absolute Gasteiger partial charge is 0.262 e. The van der Waals surface area contributed by atoms with Crippen molar-refractivity contribution in [3.63, 3.8) is 0 Å². The van der Waals surface area contributed by atoms with Crippen LogP contribution in [-0.4, -0.2) is 20.9 Å². The molecule has 0 radical (unpaired) electrons. The van der Waals surface area contributed by atoms with Crippen LogP contribution in [0, 0.1) is 12.7 Å². The second kappa shape index (κ2) is 8.74. The summed E-state index contributed by atoms with van der Waals surface area (Å²) in [6, 6.07) is 18.0. The van der Waals surface area contributed by atoms with Crippen molar-refractivity contribution < 1.29 is 22.3 Å². The maximum absolute atomic E-state index is 12.9. The summed E-state index contributed by atoms with van der Waals surface area (Å²) in [5.41, 5.74) is 1.60. The van der Waals surface area contributed by atoms with Gasteiger partial charge in [-0.2, -0.15) is 0 Å². The lowest BCUT2D eigenvalue weighted by atomic mass is 10.2. The van der Waals surface area contributed by atoms with Gasteiger partial charge < -0.3 is 10.1 Å². The number of aryl methyl sites for hydroxylation is 1. The van der Waals surface area contributed by atoms with Gasteiger partial charge in [0.1, 0.15) is 11.6 Å². The first-order valence-electron chi connectivity index (χ1n) is 8.70. The summed E-state index contributed by atoms with van der Waals surface area (Å²) in [4.78, 5) is 12.1. The molecular formula is C21H19FN2O4S. The van der Waals surface area contributed by atoms with Crippen LogP contribution < -0.4 is 14.8 Å². The lowest BCUT2D eigenvalue weighted by Crippen LogP contribution is -2.20. The Morgan fingerprint density at radius 3 is 2.21 bits per heavy atom. The highest BCUT2D eigenvalue weighted by molar-refractivity contribution is 7.92. The number of halogens is 1. The number of sulfonamides is 1. The highest BCUT2D eigenvalue weighted by Gasteiger charge is 2.14. The number of anilines is 2. The molecule has 2 N–H and O–H groups in total. The minimum atomic E-state index is -3.83. The summed E-state index contributed by atoms with van der Waals surface area (Å²) in [7, 11) is -3.83. The molecule has 0 aliphatic heterocycles. The van der Waals surface area contributed by atoms with Crippen molar-refractivity contribution in [2.75, 3.05) is 16.6 Å². The SMILES string of the molecule is Cc1ccccc1OCC(=O)Nc1ccc(S(=O)(=O)Nc2ccc(F)cc2)cc1. The third-order valence-electron chi connectivity index (χ3n) is 4.00. The predicted octanol–water partition coefficient (Wildman–Crippen LogP) is 3.95. The first-order chi connectivity index (χ1) is 13.8. The van der Waals surface area contributed by atoms with Gasteiger partial charge in [-0.15, -0.1) is 0 Å². The molecule has 150 valence electrons. The van der Waals surface area contributed by atoms with E-state index < -0.39 is 15.8 Å². The molecule has 0 fully saturated rings. The van der Waals surface area contributed by atoms with E-state index in [9.17, 15) is 17.6 Å². The van der Waals surface area contributed by atoms with Gasteiger partial charge >= 0.3 is 0 Å². The highest BCUT2D eigenvalue weighted by atomic mass is 32.2. The van der Waals surface area contributed by atoms with Crippen molar-refractivity contribution >= 4 is 27.3 Å². The van der Waals surface area contributed by atoms with E-state index in [1.807, 2.05) is 25.1 Å². The lowest BCUT2D eigenvalue weighted by Gasteiger charge is -2.11. The Morgan fingerprint density at radius 1 is 0.931 bits per heavy atom. The highest BCUT2D eigenvalue weighted by Crippen LogP contribution is 2.19. The van der Waals surface area contributed by atoms with E-state index in [0.29, 0.717) is 11.4 Å². The fourth-order valence-corrected chi connectivity index (χ4v) is 3.57. The average molecular weight is 414 g/mol. The molecule has 0 heterocycles. The number of rotatable bonds is 7. The van der Waals surface area contributed by atoms with Gasteiger partial charge in [0.25, 0.3) is 15.9 Å². The van der Waals surface area contributed by atoms with Crippen LogP contribution in [0.5, 0.6) is 5.75 Å². The van der Waals surface area contributed by atoms with E-state index >= 15 is 0 Å². The topological polar surface area (TPSA) is 84.5 Å². The van der Waals surface area contributed by atoms with Crippen LogP contribution >= 0.6 is 0 Å². The van der Waals surface area contributed by atoms with Crippen LogP contribution in [0.1, 0.15) is 5.56 Å². The molecule has 0 aliphatic rings. The van der Waals surface area contributed by atoms with Gasteiger partial charge in [-0.3, -0.25) is 9.52 Å². The van der Waals surface area contributed by atoms with Gasteiger partial charge in [0.05, 0.1) is 4.90 Å². The van der Waals surface area contributed by atoms with E-state index in [-0.39, 0.29) is 23.1 Å². The first kappa shape index (κ1) is 20.3. The third kappa shape index (κ3) is 5.55. The number of carbonyl (C=O) groups is 1. The molecule has 0 aliphatic carbocycles. The summed E-state index contributed by atoms with van der Waals surface area (Å²) < 4.78 is 45.6. The van der Waals surface area contributed by atoms with Crippen molar-refractivity contribution in [2.45, 2.75) is 11.8 Å². The van der Waals surface area contributed by atoms with Gasteiger partial charge in [0.15, 0.2) is 6.61 Å². The number of ether oxygens (including phenoxy) is 1. The fraction of sp³-hybridized carbons (Fsp3) is 0.0952. The zero-order valence-electron chi connectivity index (χ0n) is 15.6. The number of para-hydroxylation sites is 1. The molecule has 3 rings (SSSR count). The van der Waals surface area contributed by atoms with Gasteiger partial charge in [0, 0.05) is 11.4 Å². The van der Waals surface area contributed by atoms with Gasteiger partial charge in [-0.1, -0.05) is 18.2 Å². The average Bonchev–Trinajstić information content (AvgIpc) is 2.69. The zero-order chi connectivity index (χ0) is 20.9. The molecule has 3 aromatic carbocycles. The third-order valence-corrected chi connectivity index (χ3v) is 5.39. The van der Waals surface area contributed by atoms with E-state index in [1.54, 1.807) is 6.07 Å². The molecule has 8 heteroatoms. The Labute approximate surface area is 168 Å². The van der Waals surface area contributed by atoms with E-state index in [0.717, 1.165) is 17.7 Å². The van der Waals surface area contributed by atoms with Crippen molar-refractivity contribution in [3.05, 3.63) is 84.2 Å². The second-order valence-electron chi connectivity index (χ2n) is 6.24. The van der Waals surface area contributed by atoms with E-state index in [4.69, 9.17) is 4.74 Å². The number of carbonyl (C=O) groups excluding carboxylic acids is 1. The maximum Gasteiger partial charge on any atom is 0.262 e. The molecular weight excluding hydrogens is 395 g/mol. The van der Waals surface area contributed by atoms with Crippen LogP contribution in [0.25, 0.3) is 0 Å². The second-order valence-corrected chi connectivity index (χ2v) is 7.92. The first-order valence-corrected chi connectivity index (χ1v) is 10.2. The Kier molecular flexibility index (Phi) is 6.13. The van der Waals surface area contributed by atoms with Crippen molar-refractivity contribution in [2.24, 2.45) is 0 Å². The van der Waals surface area contributed by atoms with Crippen molar-refractivity contribution in [1.29, 1.82) is 0 Å². The number of hydrogen-bond donors (Lipinski definition) is 2. The Bertz CT molecular complexity index is 1100. The van der Waals surface area contributed by atoms with Crippen LogP contribution in [0.2, 0.25) is 0 Å². The number of nitrogens with one attached hydrogen (secondary N) is 2. The van der Waals surface area contributed by atoms with Gasteiger partial charge in [-0.05, 0) is 67.1 Å². The molecule has 0 aromatic heterocycles. The van der Waals surface area contributed by atoms with Crippen LogP contribution in [0.3, 0.4) is 0 Å². The molecule has 0 saturated carbocycles. The summed E-state index contributed by atoms with van der Waals surface area (Å²) in [5.74, 6) is -0.205. The largest absolute Gasteiger partial charge is 0.483 e. The van der Waals surface area contributed by atoms with Crippen molar-refractivity contribution in [1.82, 2.24) is 0 Å². The van der Waals surface area contributed by atoms with Crippen LogP contribution in [-0.2, 0) is 14.8 Å². The standard InChI is InChI=1S/C21H19FN2O4S/c1-15-4-2-3-5-20(15)28-14-21(25)23-17-10-12-19(13-11-17)29(26,27)24-18-8-6-16(22)7-9-18/h2-13,24H,14H2,1H3,(H,23,25). The number of amides is 1. The van der Waals surface area contributed by atoms with E-state index in [2.05, 4.69) is 10.0 Å². The molecule has 0 saturated heterocycles. The molecule has 29 heavy (non-hydrogen) atoms. The predicted molar refractivity (Wildman–Crippen MR) is 109 cm³/mol. The molecule has 0 unspecified atom stereocenters. The van der Waals surface area contributed by atoms with Gasteiger partial charge in [0.2, 0.25) is 0 Å². The normalized spacial score (nSPS) is 11.0. The van der Waals surface area contributed by atoms with Crippen LogP contribution in [0.4, 0.5) is 15.8 Å². The van der Waals surface area contributed by atoms with E-state index in [1.165, 1.54) is 36.4 Å². The number of benzene rings is 3. The Morgan fingerprint density at radius 2 is 1.55 bits per heavy atom. The molecule has 0 atom stereocenters. The zero-order valence-corrected chi connectivity index (χ0v) is 16.4. The quantitative estimate of drug-likeness (QED) is 0.613. The minimum absolute atomic E-state index is 0.0102. The minimum Gasteiger partial charge on any atom is -0.483 e.